The van der Waals surface area contributed by atoms with Gasteiger partial charge in [-0.15, -0.1) is 11.3 Å². The third kappa shape index (κ3) is 3.32. The SMILES string of the molecule is CNCCC=Cc1cc(C(=O)O)cs1. The molecule has 0 fully saturated rings. The van der Waals surface area contributed by atoms with Gasteiger partial charge in [0.2, 0.25) is 0 Å². The monoisotopic (exact) mass is 211 g/mol. The van der Waals surface area contributed by atoms with Crippen LogP contribution in [0, 0.1) is 0 Å². The number of nitrogens with one attached hydrogen (secondary N) is 1. The Labute approximate surface area is 87.1 Å². The molecule has 0 saturated carbocycles. The Hall–Kier alpha value is -1.13. The maximum atomic E-state index is 10.6. The zero-order valence-corrected chi connectivity index (χ0v) is 8.80. The maximum absolute atomic E-state index is 10.6. The van der Waals surface area contributed by atoms with E-state index in [0.717, 1.165) is 17.8 Å². The fourth-order valence-corrected chi connectivity index (χ4v) is 1.78. The lowest BCUT2D eigenvalue weighted by Gasteiger charge is -1.90. The second-order valence-electron chi connectivity index (χ2n) is 2.84. The van der Waals surface area contributed by atoms with Crippen LogP contribution in [0.4, 0.5) is 0 Å². The largest absolute Gasteiger partial charge is 0.478 e. The van der Waals surface area contributed by atoms with Crippen molar-refractivity contribution in [3.05, 3.63) is 28.0 Å². The van der Waals surface area contributed by atoms with Crippen LogP contribution < -0.4 is 5.32 Å². The van der Waals surface area contributed by atoms with Gasteiger partial charge in [-0.05, 0) is 32.2 Å². The van der Waals surface area contributed by atoms with Crippen molar-refractivity contribution in [3.8, 4) is 0 Å². The van der Waals surface area contributed by atoms with Gasteiger partial charge in [-0.3, -0.25) is 0 Å². The average Bonchev–Trinajstić information content (AvgIpc) is 2.61. The van der Waals surface area contributed by atoms with Gasteiger partial charge in [0.1, 0.15) is 0 Å². The number of aromatic carboxylic acids is 1. The van der Waals surface area contributed by atoms with Crippen LogP contribution >= 0.6 is 11.3 Å². The average molecular weight is 211 g/mol. The lowest BCUT2D eigenvalue weighted by molar-refractivity contribution is 0.0697. The van der Waals surface area contributed by atoms with Gasteiger partial charge in [0.05, 0.1) is 5.56 Å². The van der Waals surface area contributed by atoms with Crippen LogP contribution in [-0.4, -0.2) is 24.7 Å². The molecule has 0 aliphatic heterocycles. The van der Waals surface area contributed by atoms with Crippen molar-refractivity contribution in [2.24, 2.45) is 0 Å². The zero-order valence-electron chi connectivity index (χ0n) is 7.99. The van der Waals surface area contributed by atoms with Crippen molar-refractivity contribution >= 4 is 23.4 Å². The maximum Gasteiger partial charge on any atom is 0.336 e. The molecule has 1 aromatic heterocycles. The molecule has 0 bridgehead atoms. The lowest BCUT2D eigenvalue weighted by Crippen LogP contribution is -2.05. The zero-order chi connectivity index (χ0) is 10.4. The fourth-order valence-electron chi connectivity index (χ4n) is 0.980. The van der Waals surface area contributed by atoms with E-state index in [9.17, 15) is 4.79 Å². The first-order valence-corrected chi connectivity index (χ1v) is 5.25. The summed E-state index contributed by atoms with van der Waals surface area (Å²) in [6.07, 6.45) is 4.94. The van der Waals surface area contributed by atoms with Crippen LogP contribution in [0.15, 0.2) is 17.5 Å². The molecule has 0 radical (unpaired) electrons. The highest BCUT2D eigenvalue weighted by atomic mass is 32.1. The van der Waals surface area contributed by atoms with Crippen molar-refractivity contribution < 1.29 is 9.90 Å². The minimum atomic E-state index is -0.865. The predicted molar refractivity (Wildman–Crippen MR) is 58.9 cm³/mol. The van der Waals surface area contributed by atoms with E-state index < -0.39 is 5.97 Å². The van der Waals surface area contributed by atoms with E-state index in [1.165, 1.54) is 11.3 Å². The molecule has 0 aliphatic rings. The highest BCUT2D eigenvalue weighted by molar-refractivity contribution is 7.11. The molecule has 0 aromatic carbocycles. The van der Waals surface area contributed by atoms with Gasteiger partial charge in [-0.1, -0.05) is 6.08 Å². The van der Waals surface area contributed by atoms with E-state index in [1.54, 1.807) is 11.4 Å². The summed E-state index contributed by atoms with van der Waals surface area (Å²) in [6, 6.07) is 1.68. The summed E-state index contributed by atoms with van der Waals surface area (Å²) in [7, 11) is 1.90. The van der Waals surface area contributed by atoms with Crippen LogP contribution in [0.5, 0.6) is 0 Å². The van der Waals surface area contributed by atoms with Gasteiger partial charge in [-0.2, -0.15) is 0 Å². The highest BCUT2D eigenvalue weighted by Crippen LogP contribution is 2.16. The van der Waals surface area contributed by atoms with Gasteiger partial charge < -0.3 is 10.4 Å². The molecule has 1 heterocycles. The summed E-state index contributed by atoms with van der Waals surface area (Å²) >= 11 is 1.45. The Morgan fingerprint density at radius 3 is 3.07 bits per heavy atom. The predicted octanol–water partition coefficient (Wildman–Crippen LogP) is 2.07. The summed E-state index contributed by atoms with van der Waals surface area (Å²) in [4.78, 5) is 11.5. The van der Waals surface area contributed by atoms with E-state index in [0.29, 0.717) is 5.56 Å². The highest BCUT2D eigenvalue weighted by Gasteiger charge is 2.03. The molecule has 1 aromatic rings. The Balaban J connectivity index is 2.51. The summed E-state index contributed by atoms with van der Waals surface area (Å²) in [5.41, 5.74) is 0.364. The summed E-state index contributed by atoms with van der Waals surface area (Å²) in [6.45, 7) is 0.938. The number of hydrogen-bond donors (Lipinski definition) is 2. The molecule has 4 heteroatoms. The first-order chi connectivity index (χ1) is 6.74. The first-order valence-electron chi connectivity index (χ1n) is 4.37. The second-order valence-corrected chi connectivity index (χ2v) is 3.78. The smallest absolute Gasteiger partial charge is 0.336 e. The van der Waals surface area contributed by atoms with Crippen molar-refractivity contribution in [2.45, 2.75) is 6.42 Å². The quantitative estimate of drug-likeness (QED) is 0.733. The standard InChI is InChI=1S/C10H13NO2S/c1-11-5-3-2-4-9-6-8(7-14-9)10(12)13/h2,4,6-7,11H,3,5H2,1H3,(H,12,13). The number of hydrogen-bond acceptors (Lipinski definition) is 3. The van der Waals surface area contributed by atoms with Crippen molar-refractivity contribution in [2.75, 3.05) is 13.6 Å². The van der Waals surface area contributed by atoms with Crippen LogP contribution in [-0.2, 0) is 0 Å². The summed E-state index contributed by atoms with van der Waals surface area (Å²) in [5, 5.41) is 13.4. The van der Waals surface area contributed by atoms with Gasteiger partial charge in [-0.25, -0.2) is 4.79 Å². The van der Waals surface area contributed by atoms with Gasteiger partial charge in [0, 0.05) is 10.3 Å². The van der Waals surface area contributed by atoms with Gasteiger partial charge >= 0.3 is 5.97 Å². The van der Waals surface area contributed by atoms with Crippen LogP contribution in [0.25, 0.3) is 6.08 Å². The number of carboxylic acid groups (broad SMARTS) is 1. The van der Waals surface area contributed by atoms with Crippen molar-refractivity contribution in [1.82, 2.24) is 5.32 Å². The molecule has 0 saturated heterocycles. The summed E-state index contributed by atoms with van der Waals surface area (Å²) in [5.74, 6) is -0.865. The van der Waals surface area contributed by atoms with E-state index >= 15 is 0 Å². The summed E-state index contributed by atoms with van der Waals surface area (Å²) < 4.78 is 0. The molecule has 2 N–H and O–H groups in total. The minimum absolute atomic E-state index is 0.364. The third-order valence-corrected chi connectivity index (χ3v) is 2.61. The minimum Gasteiger partial charge on any atom is -0.478 e. The van der Waals surface area contributed by atoms with Gasteiger partial charge in [0.25, 0.3) is 0 Å². The normalized spacial score (nSPS) is 10.9. The number of thiophene rings is 1. The van der Waals surface area contributed by atoms with E-state index in [1.807, 2.05) is 19.2 Å². The van der Waals surface area contributed by atoms with E-state index in [-0.39, 0.29) is 0 Å². The van der Waals surface area contributed by atoms with E-state index in [2.05, 4.69) is 5.32 Å². The molecule has 0 amide bonds. The lowest BCUT2D eigenvalue weighted by atomic mass is 10.3. The molecular weight excluding hydrogens is 198 g/mol. The first kappa shape index (κ1) is 10.9. The van der Waals surface area contributed by atoms with E-state index in [4.69, 9.17) is 5.11 Å². The van der Waals surface area contributed by atoms with Crippen LogP contribution in [0.1, 0.15) is 21.7 Å². The van der Waals surface area contributed by atoms with Crippen LogP contribution in [0.2, 0.25) is 0 Å². The molecule has 1 rings (SSSR count). The number of carbonyl (C=O) groups is 1. The Kier molecular flexibility index (Phi) is 4.35. The molecule has 3 nitrogen and oxygen atoms in total. The molecular formula is C10H13NO2S. The molecule has 0 atom stereocenters. The Bertz CT molecular complexity index is 331. The second kappa shape index (κ2) is 5.57. The van der Waals surface area contributed by atoms with Crippen molar-refractivity contribution in [3.63, 3.8) is 0 Å². The van der Waals surface area contributed by atoms with Crippen LogP contribution in [0.3, 0.4) is 0 Å². The Morgan fingerprint density at radius 1 is 1.71 bits per heavy atom. The molecule has 0 aliphatic carbocycles. The molecule has 76 valence electrons. The Morgan fingerprint density at radius 2 is 2.50 bits per heavy atom. The van der Waals surface area contributed by atoms with Gasteiger partial charge in [0.15, 0.2) is 0 Å². The molecule has 14 heavy (non-hydrogen) atoms. The topological polar surface area (TPSA) is 49.3 Å². The third-order valence-electron chi connectivity index (χ3n) is 1.71. The molecule has 0 spiro atoms. The van der Waals surface area contributed by atoms with Crippen molar-refractivity contribution in [1.29, 1.82) is 0 Å². The number of rotatable bonds is 5. The fraction of sp³-hybridized carbons (Fsp3) is 0.300. The number of carboxylic acids is 1. The molecule has 0 unspecified atom stereocenters.